The summed E-state index contributed by atoms with van der Waals surface area (Å²) in [5.41, 5.74) is 4.80. The van der Waals surface area contributed by atoms with E-state index in [0.717, 1.165) is 48.6 Å². The second kappa shape index (κ2) is 9.75. The second-order valence-corrected chi connectivity index (χ2v) is 8.28. The second-order valence-electron chi connectivity index (χ2n) is 8.28. The van der Waals surface area contributed by atoms with E-state index in [0.29, 0.717) is 17.0 Å². The van der Waals surface area contributed by atoms with Gasteiger partial charge in [0.05, 0.1) is 5.56 Å². The number of pyridine rings is 1. The van der Waals surface area contributed by atoms with E-state index in [2.05, 4.69) is 29.5 Å². The summed E-state index contributed by atoms with van der Waals surface area (Å²) < 4.78 is 0. The first-order valence-corrected chi connectivity index (χ1v) is 11.0. The molecule has 2 amide bonds. The Morgan fingerprint density at radius 2 is 1.66 bits per heavy atom. The molecule has 0 bridgehead atoms. The SMILES string of the molecule is CC(C)c1ccccc1NC(=O)c1cncc(-c2ccc(C(=O)N3CCNCC3)cc2)c1. The van der Waals surface area contributed by atoms with Crippen LogP contribution < -0.4 is 10.6 Å². The van der Waals surface area contributed by atoms with Crippen LogP contribution in [0.3, 0.4) is 0 Å². The minimum Gasteiger partial charge on any atom is -0.336 e. The van der Waals surface area contributed by atoms with E-state index in [-0.39, 0.29) is 11.8 Å². The van der Waals surface area contributed by atoms with Gasteiger partial charge in [0.25, 0.3) is 11.8 Å². The molecule has 0 unspecified atom stereocenters. The molecule has 6 nitrogen and oxygen atoms in total. The van der Waals surface area contributed by atoms with Crippen molar-refractivity contribution in [2.24, 2.45) is 0 Å². The van der Waals surface area contributed by atoms with E-state index in [1.165, 1.54) is 0 Å². The number of para-hydroxylation sites is 1. The zero-order chi connectivity index (χ0) is 22.5. The number of nitrogens with zero attached hydrogens (tertiary/aromatic N) is 2. The number of anilines is 1. The highest BCUT2D eigenvalue weighted by Gasteiger charge is 2.18. The third-order valence-corrected chi connectivity index (χ3v) is 5.70. The third-order valence-electron chi connectivity index (χ3n) is 5.70. The molecule has 2 heterocycles. The minimum absolute atomic E-state index is 0.0492. The molecular formula is C26H28N4O2. The molecule has 1 aromatic heterocycles. The molecule has 0 aliphatic carbocycles. The van der Waals surface area contributed by atoms with Gasteiger partial charge >= 0.3 is 0 Å². The fraction of sp³-hybridized carbons (Fsp3) is 0.269. The zero-order valence-corrected chi connectivity index (χ0v) is 18.5. The van der Waals surface area contributed by atoms with Crippen LogP contribution in [-0.4, -0.2) is 47.9 Å². The molecule has 2 N–H and O–H groups in total. The van der Waals surface area contributed by atoms with E-state index in [1.54, 1.807) is 12.4 Å². The predicted molar refractivity (Wildman–Crippen MR) is 127 cm³/mol. The van der Waals surface area contributed by atoms with Gasteiger partial charge in [-0.15, -0.1) is 0 Å². The van der Waals surface area contributed by atoms with E-state index in [4.69, 9.17) is 0 Å². The monoisotopic (exact) mass is 428 g/mol. The highest BCUT2D eigenvalue weighted by molar-refractivity contribution is 6.05. The first-order valence-electron chi connectivity index (χ1n) is 11.0. The van der Waals surface area contributed by atoms with Crippen LogP contribution in [0.2, 0.25) is 0 Å². The molecule has 1 aliphatic heterocycles. The normalized spacial score (nSPS) is 13.8. The van der Waals surface area contributed by atoms with Gasteiger partial charge in [-0.25, -0.2) is 0 Å². The Kier molecular flexibility index (Phi) is 6.61. The smallest absolute Gasteiger partial charge is 0.257 e. The lowest BCUT2D eigenvalue weighted by atomic mass is 10.0. The number of carbonyl (C=O) groups is 2. The van der Waals surface area contributed by atoms with Crippen LogP contribution in [0, 0.1) is 0 Å². The first-order chi connectivity index (χ1) is 15.5. The van der Waals surface area contributed by atoms with Crippen LogP contribution in [0.25, 0.3) is 11.1 Å². The zero-order valence-electron chi connectivity index (χ0n) is 18.5. The maximum Gasteiger partial charge on any atom is 0.257 e. The summed E-state index contributed by atoms with van der Waals surface area (Å²) in [6.45, 7) is 7.30. The Morgan fingerprint density at radius 1 is 0.938 bits per heavy atom. The molecule has 6 heteroatoms. The van der Waals surface area contributed by atoms with Crippen LogP contribution in [0.4, 0.5) is 5.69 Å². The average molecular weight is 429 g/mol. The first kappa shape index (κ1) is 21.7. The number of carbonyl (C=O) groups excluding carboxylic acids is 2. The largest absolute Gasteiger partial charge is 0.336 e. The number of piperazine rings is 1. The van der Waals surface area contributed by atoms with Gasteiger partial charge in [0.1, 0.15) is 0 Å². The van der Waals surface area contributed by atoms with Gasteiger partial charge in [0.2, 0.25) is 0 Å². The highest BCUT2D eigenvalue weighted by Crippen LogP contribution is 2.25. The van der Waals surface area contributed by atoms with E-state index < -0.39 is 0 Å². The number of benzene rings is 2. The quantitative estimate of drug-likeness (QED) is 0.640. The number of aromatic nitrogens is 1. The van der Waals surface area contributed by atoms with Gasteiger partial charge < -0.3 is 15.5 Å². The Labute approximate surface area is 188 Å². The van der Waals surface area contributed by atoms with Crippen molar-refractivity contribution in [2.45, 2.75) is 19.8 Å². The summed E-state index contributed by atoms with van der Waals surface area (Å²) in [6, 6.07) is 17.1. The third kappa shape index (κ3) is 4.86. The Balaban J connectivity index is 1.50. The lowest BCUT2D eigenvalue weighted by Crippen LogP contribution is -2.46. The topological polar surface area (TPSA) is 74.3 Å². The molecule has 1 fully saturated rings. The van der Waals surface area contributed by atoms with Crippen LogP contribution in [0.1, 0.15) is 46.0 Å². The van der Waals surface area contributed by atoms with Gasteiger partial charge in [-0.2, -0.15) is 0 Å². The fourth-order valence-electron chi connectivity index (χ4n) is 3.89. The van der Waals surface area contributed by atoms with Gasteiger partial charge in [-0.3, -0.25) is 14.6 Å². The molecule has 0 spiro atoms. The van der Waals surface area contributed by atoms with Crippen molar-refractivity contribution >= 4 is 17.5 Å². The van der Waals surface area contributed by atoms with E-state index in [1.807, 2.05) is 59.5 Å². The van der Waals surface area contributed by atoms with Crippen molar-refractivity contribution in [2.75, 3.05) is 31.5 Å². The molecular weight excluding hydrogens is 400 g/mol. The molecule has 1 saturated heterocycles. The average Bonchev–Trinajstić information content (AvgIpc) is 2.84. The summed E-state index contributed by atoms with van der Waals surface area (Å²) in [4.78, 5) is 31.7. The number of hydrogen-bond donors (Lipinski definition) is 2. The molecule has 164 valence electrons. The number of hydrogen-bond acceptors (Lipinski definition) is 4. The molecule has 0 atom stereocenters. The Morgan fingerprint density at radius 3 is 2.38 bits per heavy atom. The van der Waals surface area contributed by atoms with Gasteiger partial charge in [0, 0.05) is 55.4 Å². The predicted octanol–water partition coefficient (Wildman–Crippen LogP) is 4.17. The lowest BCUT2D eigenvalue weighted by molar-refractivity contribution is 0.0735. The number of amides is 2. The van der Waals surface area contributed by atoms with Crippen molar-refractivity contribution in [3.63, 3.8) is 0 Å². The van der Waals surface area contributed by atoms with Gasteiger partial charge in [-0.1, -0.05) is 44.2 Å². The van der Waals surface area contributed by atoms with Crippen molar-refractivity contribution in [3.8, 4) is 11.1 Å². The molecule has 32 heavy (non-hydrogen) atoms. The van der Waals surface area contributed by atoms with Crippen LogP contribution in [0.5, 0.6) is 0 Å². The van der Waals surface area contributed by atoms with Crippen molar-refractivity contribution in [1.82, 2.24) is 15.2 Å². The van der Waals surface area contributed by atoms with Crippen LogP contribution in [0.15, 0.2) is 67.0 Å². The minimum atomic E-state index is -0.196. The number of nitrogens with one attached hydrogen (secondary N) is 2. The maximum absolute atomic E-state index is 12.9. The number of rotatable bonds is 5. The Bertz CT molecular complexity index is 1100. The lowest BCUT2D eigenvalue weighted by Gasteiger charge is -2.27. The van der Waals surface area contributed by atoms with E-state index >= 15 is 0 Å². The molecule has 1 aliphatic rings. The van der Waals surface area contributed by atoms with Crippen molar-refractivity contribution in [3.05, 3.63) is 83.7 Å². The summed E-state index contributed by atoms with van der Waals surface area (Å²) >= 11 is 0. The highest BCUT2D eigenvalue weighted by atomic mass is 16.2. The summed E-state index contributed by atoms with van der Waals surface area (Å²) in [5.74, 6) is 0.157. The summed E-state index contributed by atoms with van der Waals surface area (Å²) in [5, 5.41) is 6.27. The molecule has 3 aromatic rings. The fourth-order valence-corrected chi connectivity index (χ4v) is 3.89. The van der Waals surface area contributed by atoms with Gasteiger partial charge in [0.15, 0.2) is 0 Å². The van der Waals surface area contributed by atoms with E-state index in [9.17, 15) is 9.59 Å². The summed E-state index contributed by atoms with van der Waals surface area (Å²) in [6.07, 6.45) is 3.30. The molecule has 0 saturated carbocycles. The standard InChI is InChI=1S/C26H28N4O2/c1-18(2)23-5-3-4-6-24(23)29-25(31)22-15-21(16-28-17-22)19-7-9-20(10-8-19)26(32)30-13-11-27-12-14-30/h3-10,15-18,27H,11-14H2,1-2H3,(H,29,31). The van der Waals surface area contributed by atoms with Crippen molar-refractivity contribution in [1.29, 1.82) is 0 Å². The van der Waals surface area contributed by atoms with Crippen LogP contribution in [-0.2, 0) is 0 Å². The van der Waals surface area contributed by atoms with Gasteiger partial charge in [-0.05, 0) is 41.3 Å². The van der Waals surface area contributed by atoms with Crippen molar-refractivity contribution < 1.29 is 9.59 Å². The Hall–Kier alpha value is -3.51. The molecule has 0 radical (unpaired) electrons. The maximum atomic E-state index is 12.9. The van der Waals surface area contributed by atoms with Crippen LogP contribution >= 0.6 is 0 Å². The summed E-state index contributed by atoms with van der Waals surface area (Å²) in [7, 11) is 0. The molecule has 4 rings (SSSR count). The molecule has 2 aromatic carbocycles.